The third kappa shape index (κ3) is 1.02. The van der Waals surface area contributed by atoms with E-state index in [-0.39, 0.29) is 0 Å². The van der Waals surface area contributed by atoms with Crippen molar-refractivity contribution in [2.45, 2.75) is 39.5 Å². The second kappa shape index (κ2) is 2.73. The van der Waals surface area contributed by atoms with Crippen molar-refractivity contribution in [3.63, 3.8) is 0 Å². The highest BCUT2D eigenvalue weighted by Gasteiger charge is 2.53. The van der Waals surface area contributed by atoms with Crippen LogP contribution in [0, 0.1) is 23.2 Å². The molecular weight excluding hydrogens is 148 g/mol. The molecule has 1 N–H and O–H groups in total. The molecule has 0 aromatic carbocycles. The Labute approximate surface area is 75.2 Å². The molecule has 0 heterocycles. The lowest BCUT2D eigenvalue weighted by atomic mass is 9.45. The molecule has 0 spiro atoms. The quantitative estimate of drug-likeness (QED) is 0.671. The van der Waals surface area contributed by atoms with Crippen LogP contribution >= 0.6 is 0 Å². The Morgan fingerprint density at radius 2 is 2.08 bits per heavy atom. The zero-order valence-electron chi connectivity index (χ0n) is 8.21. The van der Waals surface area contributed by atoms with Crippen LogP contribution < -0.4 is 0 Å². The number of hydrogen-bond donors (Lipinski definition) is 1. The van der Waals surface area contributed by atoms with Gasteiger partial charge in [-0.25, -0.2) is 0 Å². The Kier molecular flexibility index (Phi) is 1.95. The average molecular weight is 168 g/mol. The second-order valence-electron chi connectivity index (χ2n) is 5.21. The summed E-state index contributed by atoms with van der Waals surface area (Å²) in [6.07, 6.45) is 5.27. The maximum Gasteiger partial charge on any atom is 0.0433 e. The van der Waals surface area contributed by atoms with E-state index >= 15 is 0 Å². The number of rotatable bonds is 2. The van der Waals surface area contributed by atoms with E-state index in [1.54, 1.807) is 0 Å². The van der Waals surface area contributed by atoms with Crippen LogP contribution in [0.1, 0.15) is 39.5 Å². The maximum atomic E-state index is 8.92. The minimum atomic E-state index is 0.391. The van der Waals surface area contributed by atoms with Gasteiger partial charge in [-0.3, -0.25) is 0 Å². The summed E-state index contributed by atoms with van der Waals surface area (Å²) in [4.78, 5) is 0. The highest BCUT2D eigenvalue weighted by Crippen LogP contribution is 2.61. The molecule has 0 aromatic rings. The molecule has 3 rings (SSSR count). The lowest BCUT2D eigenvalue weighted by Gasteiger charge is -2.60. The summed E-state index contributed by atoms with van der Waals surface area (Å²) >= 11 is 0. The lowest BCUT2D eigenvalue weighted by Crippen LogP contribution is -2.52. The first-order valence-corrected chi connectivity index (χ1v) is 5.27. The van der Waals surface area contributed by atoms with Gasteiger partial charge in [0.2, 0.25) is 0 Å². The predicted octanol–water partition coefficient (Wildman–Crippen LogP) is 2.44. The molecular formula is C11H20O. The third-order valence-corrected chi connectivity index (χ3v) is 4.50. The highest BCUT2D eigenvalue weighted by atomic mass is 16.3. The van der Waals surface area contributed by atoms with Crippen LogP contribution in [-0.4, -0.2) is 11.7 Å². The third-order valence-electron chi connectivity index (χ3n) is 4.50. The van der Waals surface area contributed by atoms with Gasteiger partial charge in [0.1, 0.15) is 0 Å². The molecule has 2 bridgehead atoms. The molecule has 0 saturated heterocycles. The number of aliphatic hydroxyl groups is 1. The van der Waals surface area contributed by atoms with Gasteiger partial charge in [-0.15, -0.1) is 0 Å². The molecule has 1 unspecified atom stereocenters. The van der Waals surface area contributed by atoms with E-state index in [9.17, 15) is 0 Å². The summed E-state index contributed by atoms with van der Waals surface area (Å²) in [6, 6.07) is 0. The zero-order chi connectivity index (χ0) is 8.77. The van der Waals surface area contributed by atoms with Crippen LogP contribution in [0.4, 0.5) is 0 Å². The van der Waals surface area contributed by atoms with Gasteiger partial charge in [0.05, 0.1) is 0 Å². The summed E-state index contributed by atoms with van der Waals surface area (Å²) < 4.78 is 0. The summed E-state index contributed by atoms with van der Waals surface area (Å²) in [5.74, 6) is 2.75. The Bertz CT molecular complexity index is 170. The first-order valence-electron chi connectivity index (χ1n) is 5.27. The second-order valence-corrected chi connectivity index (χ2v) is 5.21. The van der Waals surface area contributed by atoms with E-state index in [2.05, 4.69) is 13.8 Å². The van der Waals surface area contributed by atoms with Crippen molar-refractivity contribution >= 4 is 0 Å². The van der Waals surface area contributed by atoms with Gasteiger partial charge in [0, 0.05) is 6.61 Å². The van der Waals surface area contributed by atoms with Crippen molar-refractivity contribution in [1.29, 1.82) is 0 Å². The molecule has 3 atom stereocenters. The molecule has 0 radical (unpaired) electrons. The summed E-state index contributed by atoms with van der Waals surface area (Å²) in [5, 5.41) is 8.92. The normalized spacial score (nSPS) is 43.8. The fourth-order valence-electron chi connectivity index (χ4n) is 3.47. The van der Waals surface area contributed by atoms with Gasteiger partial charge in [-0.05, 0) is 48.9 Å². The van der Waals surface area contributed by atoms with E-state index in [1.165, 1.54) is 19.3 Å². The number of hydrogen-bond acceptors (Lipinski definition) is 1. The van der Waals surface area contributed by atoms with Gasteiger partial charge >= 0.3 is 0 Å². The average Bonchev–Trinajstić information content (AvgIpc) is 2.05. The van der Waals surface area contributed by atoms with Gasteiger partial charge in [-0.1, -0.05) is 13.8 Å². The van der Waals surface area contributed by atoms with Crippen LogP contribution in [-0.2, 0) is 0 Å². The van der Waals surface area contributed by atoms with Crippen molar-refractivity contribution in [1.82, 2.24) is 0 Å². The van der Waals surface area contributed by atoms with E-state index in [0.29, 0.717) is 12.0 Å². The van der Waals surface area contributed by atoms with E-state index < -0.39 is 0 Å². The van der Waals surface area contributed by atoms with Crippen molar-refractivity contribution in [2.24, 2.45) is 23.2 Å². The standard InChI is InChI=1S/C11H20O/c1-11(2)9-4-3-8(5-6-12)10(11)7-9/h8-10,12H,3-7H2,1-2H3/t8-,9+,10?/m1/s1. The van der Waals surface area contributed by atoms with Crippen LogP contribution in [0.3, 0.4) is 0 Å². The summed E-state index contributed by atoms with van der Waals surface area (Å²) in [6.45, 7) is 5.21. The first kappa shape index (κ1) is 8.55. The van der Waals surface area contributed by atoms with E-state index in [0.717, 1.165) is 24.2 Å². The lowest BCUT2D eigenvalue weighted by molar-refractivity contribution is -0.109. The van der Waals surface area contributed by atoms with Gasteiger partial charge < -0.3 is 5.11 Å². The fourth-order valence-corrected chi connectivity index (χ4v) is 3.47. The molecule has 70 valence electrons. The molecule has 1 heteroatoms. The molecule has 12 heavy (non-hydrogen) atoms. The van der Waals surface area contributed by atoms with E-state index in [1.807, 2.05) is 0 Å². The molecule has 0 amide bonds. The fraction of sp³-hybridized carbons (Fsp3) is 1.00. The minimum Gasteiger partial charge on any atom is -0.396 e. The van der Waals surface area contributed by atoms with Crippen LogP contribution in [0.2, 0.25) is 0 Å². The Morgan fingerprint density at radius 3 is 2.58 bits per heavy atom. The number of aliphatic hydroxyl groups excluding tert-OH is 1. The molecule has 3 fully saturated rings. The summed E-state index contributed by atoms with van der Waals surface area (Å²) in [5.41, 5.74) is 0.595. The topological polar surface area (TPSA) is 20.2 Å². The van der Waals surface area contributed by atoms with Gasteiger partial charge in [0.25, 0.3) is 0 Å². The molecule has 0 aromatic heterocycles. The Balaban J connectivity index is 2.01. The molecule has 0 aliphatic heterocycles. The Hall–Kier alpha value is -0.0400. The summed E-state index contributed by atoms with van der Waals surface area (Å²) in [7, 11) is 0. The maximum absolute atomic E-state index is 8.92. The van der Waals surface area contributed by atoms with Crippen LogP contribution in [0.15, 0.2) is 0 Å². The van der Waals surface area contributed by atoms with Crippen molar-refractivity contribution in [3.8, 4) is 0 Å². The zero-order valence-corrected chi connectivity index (χ0v) is 8.21. The molecule has 1 nitrogen and oxygen atoms in total. The van der Waals surface area contributed by atoms with Crippen LogP contribution in [0.5, 0.6) is 0 Å². The highest BCUT2D eigenvalue weighted by molar-refractivity contribution is 5.02. The minimum absolute atomic E-state index is 0.391. The largest absolute Gasteiger partial charge is 0.396 e. The van der Waals surface area contributed by atoms with Crippen molar-refractivity contribution in [2.75, 3.05) is 6.61 Å². The van der Waals surface area contributed by atoms with Gasteiger partial charge in [-0.2, -0.15) is 0 Å². The Morgan fingerprint density at radius 1 is 1.33 bits per heavy atom. The van der Waals surface area contributed by atoms with Crippen LogP contribution in [0.25, 0.3) is 0 Å². The van der Waals surface area contributed by atoms with Gasteiger partial charge in [0.15, 0.2) is 0 Å². The first-order chi connectivity index (χ1) is 5.66. The smallest absolute Gasteiger partial charge is 0.0433 e. The SMILES string of the molecule is CC1(C)C2C[C@@H]1CC[C@@H]2CCO. The van der Waals surface area contributed by atoms with Crippen molar-refractivity contribution in [3.05, 3.63) is 0 Å². The monoisotopic (exact) mass is 168 g/mol. The molecule has 3 aliphatic rings. The molecule has 3 saturated carbocycles. The molecule has 3 aliphatic carbocycles. The predicted molar refractivity (Wildman–Crippen MR) is 49.8 cm³/mol. The van der Waals surface area contributed by atoms with E-state index in [4.69, 9.17) is 5.11 Å². The van der Waals surface area contributed by atoms with Crippen molar-refractivity contribution < 1.29 is 5.11 Å². The number of fused-ring (bicyclic) bond motifs is 2.